The van der Waals surface area contributed by atoms with Gasteiger partial charge in [0.1, 0.15) is 0 Å². The number of rotatable bonds is 5. The molecule has 2 aromatic carbocycles. The van der Waals surface area contributed by atoms with Crippen LogP contribution in [0.5, 0.6) is 0 Å². The predicted octanol–water partition coefficient (Wildman–Crippen LogP) is 5.31. The standard InChI is InChI=1S/C19H14Cl2N4OS/c20-13-9-14(21)11-15(10-13)22-18(26)7-8-27-19-24-23-17-6-5-12-3-1-2-4-16(12)25(17)19/h1-6,9-11H,7-8H2,(H,22,26). The minimum Gasteiger partial charge on any atom is -0.326 e. The number of para-hydroxylation sites is 1. The monoisotopic (exact) mass is 416 g/mol. The van der Waals surface area contributed by atoms with Crippen molar-refractivity contribution in [3.8, 4) is 0 Å². The Hall–Kier alpha value is -2.28. The van der Waals surface area contributed by atoms with Crippen LogP contribution in [0.1, 0.15) is 6.42 Å². The van der Waals surface area contributed by atoms with E-state index in [-0.39, 0.29) is 5.91 Å². The molecule has 0 aliphatic rings. The van der Waals surface area contributed by atoms with Gasteiger partial charge in [-0.3, -0.25) is 9.20 Å². The summed E-state index contributed by atoms with van der Waals surface area (Å²) in [6.07, 6.45) is 0.328. The lowest BCUT2D eigenvalue weighted by atomic mass is 10.2. The van der Waals surface area contributed by atoms with Gasteiger partial charge in [-0.15, -0.1) is 10.2 Å². The van der Waals surface area contributed by atoms with Gasteiger partial charge in [0.25, 0.3) is 0 Å². The number of benzene rings is 2. The minimum atomic E-state index is -0.112. The average Bonchev–Trinajstić information content (AvgIpc) is 3.04. The van der Waals surface area contributed by atoms with Gasteiger partial charge in [0.15, 0.2) is 10.8 Å². The molecule has 4 rings (SSSR count). The SMILES string of the molecule is O=C(CCSc1nnc2ccc3ccccc3n12)Nc1cc(Cl)cc(Cl)c1. The number of halogens is 2. The van der Waals surface area contributed by atoms with Gasteiger partial charge in [-0.1, -0.05) is 53.2 Å². The van der Waals surface area contributed by atoms with E-state index in [0.717, 1.165) is 21.7 Å². The highest BCUT2D eigenvalue weighted by atomic mass is 35.5. The van der Waals surface area contributed by atoms with Crippen LogP contribution in [0.25, 0.3) is 16.6 Å². The molecule has 4 aromatic rings. The Morgan fingerprint density at radius 1 is 1.04 bits per heavy atom. The second-order valence-electron chi connectivity index (χ2n) is 5.87. The van der Waals surface area contributed by atoms with Crippen molar-refractivity contribution < 1.29 is 4.79 Å². The number of nitrogens with zero attached hydrogens (tertiary/aromatic N) is 3. The second-order valence-corrected chi connectivity index (χ2v) is 7.81. The van der Waals surface area contributed by atoms with Gasteiger partial charge in [0.05, 0.1) is 5.52 Å². The van der Waals surface area contributed by atoms with E-state index in [2.05, 4.69) is 15.5 Å². The van der Waals surface area contributed by atoms with Crippen LogP contribution in [0.3, 0.4) is 0 Å². The lowest BCUT2D eigenvalue weighted by Crippen LogP contribution is -2.12. The molecule has 2 heterocycles. The van der Waals surface area contributed by atoms with Crippen LogP contribution in [-0.2, 0) is 4.79 Å². The third-order valence-electron chi connectivity index (χ3n) is 3.95. The van der Waals surface area contributed by atoms with E-state index in [1.165, 1.54) is 11.8 Å². The van der Waals surface area contributed by atoms with Crippen LogP contribution >= 0.6 is 35.0 Å². The largest absolute Gasteiger partial charge is 0.326 e. The quantitative estimate of drug-likeness (QED) is 0.447. The molecule has 2 aromatic heterocycles. The molecule has 0 aliphatic heterocycles. The third-order valence-corrected chi connectivity index (χ3v) is 5.32. The van der Waals surface area contributed by atoms with E-state index < -0.39 is 0 Å². The highest BCUT2D eigenvalue weighted by Crippen LogP contribution is 2.25. The van der Waals surface area contributed by atoms with Crippen LogP contribution in [0.2, 0.25) is 10.0 Å². The zero-order chi connectivity index (χ0) is 18.8. The first kappa shape index (κ1) is 18.1. The van der Waals surface area contributed by atoms with Crippen molar-refractivity contribution in [2.24, 2.45) is 0 Å². The fraction of sp³-hybridized carbons (Fsp3) is 0.105. The molecule has 0 unspecified atom stereocenters. The van der Waals surface area contributed by atoms with Crippen molar-refractivity contribution in [3.05, 3.63) is 64.6 Å². The first-order chi connectivity index (χ1) is 13.1. The Kier molecular flexibility index (Phi) is 5.20. The van der Waals surface area contributed by atoms with Crippen molar-refractivity contribution in [2.75, 3.05) is 11.1 Å². The summed E-state index contributed by atoms with van der Waals surface area (Å²) in [7, 11) is 0. The van der Waals surface area contributed by atoms with Gasteiger partial charge in [-0.2, -0.15) is 0 Å². The number of pyridine rings is 1. The Morgan fingerprint density at radius 2 is 1.81 bits per heavy atom. The molecule has 1 amide bonds. The summed E-state index contributed by atoms with van der Waals surface area (Å²) in [4.78, 5) is 12.2. The van der Waals surface area contributed by atoms with Crippen LogP contribution in [0, 0.1) is 0 Å². The van der Waals surface area contributed by atoms with Crippen molar-refractivity contribution in [3.63, 3.8) is 0 Å². The summed E-state index contributed by atoms with van der Waals surface area (Å²) < 4.78 is 2.01. The topological polar surface area (TPSA) is 59.3 Å². The Bertz CT molecular complexity index is 1120. The number of hydrogen-bond donors (Lipinski definition) is 1. The Balaban J connectivity index is 1.44. The van der Waals surface area contributed by atoms with Crippen LogP contribution in [0.15, 0.2) is 59.8 Å². The molecule has 136 valence electrons. The van der Waals surface area contributed by atoms with Crippen LogP contribution < -0.4 is 5.32 Å². The molecule has 0 bridgehead atoms. The highest BCUT2D eigenvalue weighted by molar-refractivity contribution is 7.99. The van der Waals surface area contributed by atoms with E-state index >= 15 is 0 Å². The smallest absolute Gasteiger partial charge is 0.225 e. The molecular weight excluding hydrogens is 403 g/mol. The maximum absolute atomic E-state index is 12.2. The Labute approximate surface area is 169 Å². The lowest BCUT2D eigenvalue weighted by Gasteiger charge is -2.07. The van der Waals surface area contributed by atoms with Crippen LogP contribution in [0.4, 0.5) is 5.69 Å². The van der Waals surface area contributed by atoms with Crippen molar-refractivity contribution in [1.29, 1.82) is 0 Å². The maximum atomic E-state index is 12.2. The molecular formula is C19H14Cl2N4OS. The maximum Gasteiger partial charge on any atom is 0.225 e. The first-order valence-electron chi connectivity index (χ1n) is 8.22. The van der Waals surface area contributed by atoms with Gasteiger partial charge in [-0.05, 0) is 41.8 Å². The summed E-state index contributed by atoms with van der Waals surface area (Å²) in [5, 5.41) is 14.1. The number of thioether (sulfide) groups is 1. The summed E-state index contributed by atoms with van der Waals surface area (Å²) >= 11 is 13.4. The van der Waals surface area contributed by atoms with Crippen LogP contribution in [-0.4, -0.2) is 26.3 Å². The number of carbonyl (C=O) groups is 1. The Morgan fingerprint density at radius 3 is 2.63 bits per heavy atom. The fourth-order valence-corrected chi connectivity index (χ4v) is 4.21. The van der Waals surface area contributed by atoms with Crippen molar-refractivity contribution >= 4 is 63.1 Å². The van der Waals surface area contributed by atoms with E-state index in [9.17, 15) is 4.79 Å². The number of aromatic nitrogens is 3. The molecule has 0 spiro atoms. The molecule has 8 heteroatoms. The average molecular weight is 417 g/mol. The molecule has 5 nitrogen and oxygen atoms in total. The third kappa shape index (κ3) is 4.03. The summed E-state index contributed by atoms with van der Waals surface area (Å²) in [5.74, 6) is 0.462. The zero-order valence-corrected chi connectivity index (χ0v) is 16.4. The summed E-state index contributed by atoms with van der Waals surface area (Å²) in [6.45, 7) is 0. The number of fused-ring (bicyclic) bond motifs is 3. The normalized spacial score (nSPS) is 11.2. The molecule has 0 saturated carbocycles. The molecule has 0 saturated heterocycles. The summed E-state index contributed by atoms with van der Waals surface area (Å²) in [6, 6.07) is 17.0. The number of nitrogens with one attached hydrogen (secondary N) is 1. The van der Waals surface area contributed by atoms with E-state index in [4.69, 9.17) is 23.2 Å². The van der Waals surface area contributed by atoms with E-state index in [1.807, 2.05) is 40.8 Å². The van der Waals surface area contributed by atoms with Gasteiger partial charge in [0, 0.05) is 27.9 Å². The first-order valence-corrected chi connectivity index (χ1v) is 9.96. The molecule has 0 atom stereocenters. The summed E-state index contributed by atoms with van der Waals surface area (Å²) in [5.41, 5.74) is 2.41. The van der Waals surface area contributed by atoms with Gasteiger partial charge in [-0.25, -0.2) is 0 Å². The number of anilines is 1. The van der Waals surface area contributed by atoms with Gasteiger partial charge >= 0.3 is 0 Å². The molecule has 27 heavy (non-hydrogen) atoms. The van der Waals surface area contributed by atoms with Gasteiger partial charge in [0.2, 0.25) is 5.91 Å². The van der Waals surface area contributed by atoms with Crippen molar-refractivity contribution in [1.82, 2.24) is 14.6 Å². The predicted molar refractivity (Wildman–Crippen MR) is 111 cm³/mol. The number of amides is 1. The van der Waals surface area contributed by atoms with E-state index in [0.29, 0.717) is 27.9 Å². The second kappa shape index (κ2) is 7.76. The number of carbonyl (C=O) groups excluding carboxylic acids is 1. The van der Waals surface area contributed by atoms with Gasteiger partial charge < -0.3 is 5.32 Å². The molecule has 0 radical (unpaired) electrons. The number of hydrogen-bond acceptors (Lipinski definition) is 4. The van der Waals surface area contributed by atoms with E-state index in [1.54, 1.807) is 18.2 Å². The molecule has 1 N–H and O–H groups in total. The molecule has 0 fully saturated rings. The zero-order valence-electron chi connectivity index (χ0n) is 14.0. The molecule has 0 aliphatic carbocycles. The minimum absolute atomic E-state index is 0.112. The fourth-order valence-electron chi connectivity index (χ4n) is 2.79. The van der Waals surface area contributed by atoms with Crippen molar-refractivity contribution in [2.45, 2.75) is 11.6 Å². The highest BCUT2D eigenvalue weighted by Gasteiger charge is 2.11. The lowest BCUT2D eigenvalue weighted by molar-refractivity contribution is -0.115.